The van der Waals surface area contributed by atoms with Crippen molar-refractivity contribution >= 4 is 27.7 Å². The molecule has 0 atom stereocenters. The number of amides is 1. The van der Waals surface area contributed by atoms with Gasteiger partial charge in [0.25, 0.3) is 5.91 Å². The third-order valence-corrected chi connectivity index (χ3v) is 4.41. The summed E-state index contributed by atoms with van der Waals surface area (Å²) >= 11 is 5.53. The van der Waals surface area contributed by atoms with Crippen molar-refractivity contribution in [2.75, 3.05) is 7.05 Å². The van der Waals surface area contributed by atoms with E-state index in [1.165, 1.54) is 30.3 Å². The minimum Gasteiger partial charge on any atom is -0.457 e. The molecule has 0 unspecified atom stereocenters. The zero-order chi connectivity index (χ0) is 19.5. The summed E-state index contributed by atoms with van der Waals surface area (Å²) in [6.45, 7) is 0. The van der Waals surface area contributed by atoms with Gasteiger partial charge in [-0.05, 0) is 42.5 Å². The number of carbonyl (C=O) groups excluding carboxylic acids is 1. The van der Waals surface area contributed by atoms with Gasteiger partial charge in [-0.3, -0.25) is 4.79 Å². The molecule has 0 aromatic heterocycles. The van der Waals surface area contributed by atoms with E-state index in [-0.39, 0.29) is 17.1 Å². The average Bonchev–Trinajstić information content (AvgIpc) is 2.56. The molecule has 2 aromatic rings. The first kappa shape index (κ1) is 20.0. The first-order valence-electron chi connectivity index (χ1n) is 6.92. The third kappa shape index (κ3) is 5.10. The van der Waals surface area contributed by atoms with E-state index in [4.69, 9.17) is 16.3 Å². The van der Waals surface area contributed by atoms with Crippen LogP contribution in [0.15, 0.2) is 42.5 Å². The molecular formula is C15H12ClF3N2O4S. The van der Waals surface area contributed by atoms with Crippen molar-refractivity contribution in [3.05, 3.63) is 58.6 Å². The molecule has 0 bridgehead atoms. The number of benzene rings is 2. The summed E-state index contributed by atoms with van der Waals surface area (Å²) in [4.78, 5) is 11.8. The number of carbonyl (C=O) groups is 1. The number of alkyl halides is 3. The molecule has 1 amide bonds. The van der Waals surface area contributed by atoms with Gasteiger partial charge in [0.15, 0.2) is 0 Å². The first-order chi connectivity index (χ1) is 12.0. The van der Waals surface area contributed by atoms with E-state index in [2.05, 4.69) is 0 Å². The van der Waals surface area contributed by atoms with Gasteiger partial charge in [0, 0.05) is 12.6 Å². The van der Waals surface area contributed by atoms with Crippen molar-refractivity contribution in [1.29, 1.82) is 0 Å². The van der Waals surface area contributed by atoms with E-state index < -0.39 is 32.9 Å². The number of rotatable bonds is 5. The van der Waals surface area contributed by atoms with Gasteiger partial charge in [0.1, 0.15) is 11.5 Å². The number of halogens is 4. The van der Waals surface area contributed by atoms with Crippen molar-refractivity contribution in [3.63, 3.8) is 0 Å². The number of ether oxygens (including phenoxy) is 1. The fraction of sp³-hybridized carbons (Fsp3) is 0.133. The second-order valence-corrected chi connectivity index (χ2v) is 6.93. The van der Waals surface area contributed by atoms with Gasteiger partial charge in [-0.1, -0.05) is 11.6 Å². The maximum atomic E-state index is 12.8. The summed E-state index contributed by atoms with van der Waals surface area (Å²) in [5.74, 6) is -0.832. The quantitative estimate of drug-likeness (QED) is 0.794. The summed E-state index contributed by atoms with van der Waals surface area (Å²) in [5, 5.41) is -0.456. The molecular weight excluding hydrogens is 397 g/mol. The van der Waals surface area contributed by atoms with Crippen molar-refractivity contribution in [1.82, 2.24) is 9.44 Å². The van der Waals surface area contributed by atoms with Crippen molar-refractivity contribution in [2.24, 2.45) is 0 Å². The Morgan fingerprint density at radius 1 is 1.08 bits per heavy atom. The van der Waals surface area contributed by atoms with Crippen LogP contribution in [0, 0.1) is 0 Å². The third-order valence-electron chi connectivity index (χ3n) is 3.09. The fourth-order valence-electron chi connectivity index (χ4n) is 1.83. The molecule has 0 aliphatic carbocycles. The van der Waals surface area contributed by atoms with Crippen LogP contribution in [-0.2, 0) is 16.4 Å². The fourth-order valence-corrected chi connectivity index (χ4v) is 2.52. The largest absolute Gasteiger partial charge is 0.457 e. The highest BCUT2D eigenvalue weighted by Gasteiger charge is 2.33. The molecule has 2 rings (SSSR count). The van der Waals surface area contributed by atoms with Gasteiger partial charge in [-0.2, -0.15) is 21.6 Å². The van der Waals surface area contributed by atoms with Gasteiger partial charge < -0.3 is 4.74 Å². The van der Waals surface area contributed by atoms with E-state index in [1.54, 1.807) is 4.72 Å². The van der Waals surface area contributed by atoms with Gasteiger partial charge >= 0.3 is 16.4 Å². The molecule has 0 fully saturated rings. The van der Waals surface area contributed by atoms with Crippen LogP contribution in [0.1, 0.15) is 15.9 Å². The molecule has 2 N–H and O–H groups in total. The molecule has 6 nitrogen and oxygen atoms in total. The van der Waals surface area contributed by atoms with Crippen LogP contribution >= 0.6 is 11.6 Å². The monoisotopic (exact) mass is 408 g/mol. The molecule has 0 saturated heterocycles. The van der Waals surface area contributed by atoms with Crippen molar-refractivity contribution in [2.45, 2.75) is 6.18 Å². The summed E-state index contributed by atoms with van der Waals surface area (Å²) in [6.07, 6.45) is -4.63. The van der Waals surface area contributed by atoms with Crippen molar-refractivity contribution in [3.8, 4) is 11.5 Å². The van der Waals surface area contributed by atoms with Gasteiger partial charge in [0.2, 0.25) is 0 Å². The van der Waals surface area contributed by atoms with Gasteiger partial charge in [0.05, 0.1) is 10.6 Å². The number of nitrogens with one attached hydrogen (secondary N) is 2. The lowest BCUT2D eigenvalue weighted by molar-refractivity contribution is -0.137. The second kappa shape index (κ2) is 7.52. The lowest BCUT2D eigenvalue weighted by atomic mass is 10.2. The highest BCUT2D eigenvalue weighted by atomic mass is 35.5. The lowest BCUT2D eigenvalue weighted by Gasteiger charge is -2.12. The minimum atomic E-state index is -4.63. The molecule has 0 saturated carbocycles. The van der Waals surface area contributed by atoms with E-state index in [0.717, 1.165) is 19.2 Å². The molecule has 2 aromatic carbocycles. The van der Waals surface area contributed by atoms with Crippen LogP contribution in [0.3, 0.4) is 0 Å². The Labute approximate surface area is 152 Å². The van der Waals surface area contributed by atoms with Crippen LogP contribution in [0.5, 0.6) is 11.5 Å². The van der Waals surface area contributed by atoms with E-state index >= 15 is 0 Å². The maximum Gasteiger partial charge on any atom is 0.417 e. The van der Waals surface area contributed by atoms with Crippen LogP contribution in [0.4, 0.5) is 13.2 Å². The van der Waals surface area contributed by atoms with Gasteiger partial charge in [-0.25, -0.2) is 9.44 Å². The summed E-state index contributed by atoms with van der Waals surface area (Å²) in [7, 11) is -2.82. The van der Waals surface area contributed by atoms with E-state index in [0.29, 0.717) is 0 Å². The molecule has 0 spiro atoms. The first-order valence-corrected chi connectivity index (χ1v) is 8.78. The summed E-state index contributed by atoms with van der Waals surface area (Å²) < 4.78 is 70.0. The highest BCUT2D eigenvalue weighted by Crippen LogP contribution is 2.37. The second-order valence-electron chi connectivity index (χ2n) is 4.90. The summed E-state index contributed by atoms with van der Waals surface area (Å²) in [6, 6.07) is 8.21. The molecule has 0 radical (unpaired) electrons. The zero-order valence-electron chi connectivity index (χ0n) is 13.1. The lowest BCUT2D eigenvalue weighted by Crippen LogP contribution is -2.38. The Morgan fingerprint density at radius 3 is 2.19 bits per heavy atom. The van der Waals surface area contributed by atoms with Gasteiger partial charge in [-0.15, -0.1) is 0 Å². The van der Waals surface area contributed by atoms with Crippen molar-refractivity contribution < 1.29 is 31.1 Å². The summed E-state index contributed by atoms with van der Waals surface area (Å²) in [5.41, 5.74) is -1.02. The average molecular weight is 409 g/mol. The Morgan fingerprint density at radius 2 is 1.65 bits per heavy atom. The minimum absolute atomic E-state index is 0.0169. The van der Waals surface area contributed by atoms with Crippen LogP contribution < -0.4 is 14.2 Å². The van der Waals surface area contributed by atoms with Crippen LogP contribution in [0.2, 0.25) is 5.02 Å². The van der Waals surface area contributed by atoms with E-state index in [9.17, 15) is 26.4 Å². The molecule has 140 valence electrons. The molecule has 0 heterocycles. The smallest absolute Gasteiger partial charge is 0.417 e. The predicted molar refractivity (Wildman–Crippen MR) is 88.4 cm³/mol. The normalized spacial score (nSPS) is 11.9. The number of hydrogen-bond donors (Lipinski definition) is 2. The maximum absolute atomic E-state index is 12.8. The molecule has 11 heteroatoms. The molecule has 0 aliphatic heterocycles. The Kier molecular flexibility index (Phi) is 5.79. The zero-order valence-corrected chi connectivity index (χ0v) is 14.7. The van der Waals surface area contributed by atoms with Crippen LogP contribution in [-0.4, -0.2) is 21.4 Å². The Bertz CT molecular complexity index is 915. The topological polar surface area (TPSA) is 84.5 Å². The van der Waals surface area contributed by atoms with E-state index in [1.807, 2.05) is 4.72 Å². The molecule has 0 aliphatic rings. The Balaban J connectivity index is 2.16. The standard InChI is InChI=1S/C15H12ClF3N2O4S/c1-20-26(23,24)21-14(22)9-2-4-10(5-3-9)25-11-6-7-13(16)12(8-11)15(17,18)19/h2-8,20H,1H3,(H,21,22). The molecule has 26 heavy (non-hydrogen) atoms. The number of hydrogen-bond acceptors (Lipinski definition) is 4. The highest BCUT2D eigenvalue weighted by molar-refractivity contribution is 7.88. The predicted octanol–water partition coefficient (Wildman–Crippen LogP) is 3.35. The van der Waals surface area contributed by atoms with Crippen LogP contribution in [0.25, 0.3) is 0 Å². The SMILES string of the molecule is CNS(=O)(=O)NC(=O)c1ccc(Oc2ccc(Cl)c(C(F)(F)F)c2)cc1. The Hall–Kier alpha value is -2.30.